The quantitative estimate of drug-likeness (QED) is 0.895. The highest BCUT2D eigenvalue weighted by Gasteiger charge is 2.10. The predicted molar refractivity (Wildman–Crippen MR) is 86.9 cm³/mol. The minimum atomic E-state index is 0.142. The lowest BCUT2D eigenvalue weighted by Gasteiger charge is -2.14. The van der Waals surface area contributed by atoms with Crippen molar-refractivity contribution in [1.29, 1.82) is 0 Å². The zero-order valence-electron chi connectivity index (χ0n) is 13.3. The summed E-state index contributed by atoms with van der Waals surface area (Å²) in [5.41, 5.74) is 9.31. The lowest BCUT2D eigenvalue weighted by Crippen LogP contribution is -2.17. The molecule has 0 aliphatic rings. The van der Waals surface area contributed by atoms with Crippen LogP contribution in [-0.2, 0) is 6.42 Å². The van der Waals surface area contributed by atoms with Gasteiger partial charge in [-0.3, -0.25) is 0 Å². The molecule has 1 aromatic carbocycles. The standard InChI is InChI=1S/C18H24N2O/c1-12(2)16-7-5-13(3)9-17(16)21-18-8-6-15(11-20-18)10-14(4)19/h5-9,11-12,14H,10,19H2,1-4H3. The predicted octanol–water partition coefficient (Wildman–Crippen LogP) is 4.20. The van der Waals surface area contributed by atoms with Crippen LogP contribution in [0.3, 0.4) is 0 Å². The minimum absolute atomic E-state index is 0.142. The Balaban J connectivity index is 2.20. The third kappa shape index (κ3) is 4.30. The number of rotatable bonds is 5. The van der Waals surface area contributed by atoms with E-state index in [1.54, 1.807) is 0 Å². The first kappa shape index (κ1) is 15.5. The number of hydrogen-bond acceptors (Lipinski definition) is 3. The molecule has 1 unspecified atom stereocenters. The fraction of sp³-hybridized carbons (Fsp3) is 0.389. The van der Waals surface area contributed by atoms with E-state index in [-0.39, 0.29) is 6.04 Å². The van der Waals surface area contributed by atoms with Gasteiger partial charge in [0.25, 0.3) is 0 Å². The van der Waals surface area contributed by atoms with Crippen LogP contribution in [0.5, 0.6) is 11.6 Å². The number of ether oxygens (including phenoxy) is 1. The molecular weight excluding hydrogens is 260 g/mol. The summed E-state index contributed by atoms with van der Waals surface area (Å²) >= 11 is 0. The molecule has 0 aliphatic heterocycles. The van der Waals surface area contributed by atoms with Crippen LogP contribution in [-0.4, -0.2) is 11.0 Å². The molecule has 0 radical (unpaired) electrons. The van der Waals surface area contributed by atoms with E-state index in [0.717, 1.165) is 17.7 Å². The highest BCUT2D eigenvalue weighted by Crippen LogP contribution is 2.30. The van der Waals surface area contributed by atoms with E-state index in [4.69, 9.17) is 10.5 Å². The van der Waals surface area contributed by atoms with Crippen LogP contribution >= 0.6 is 0 Å². The summed E-state index contributed by atoms with van der Waals surface area (Å²) < 4.78 is 5.97. The second kappa shape index (κ2) is 6.72. The van der Waals surface area contributed by atoms with Crippen molar-refractivity contribution in [3.05, 3.63) is 53.2 Å². The lowest BCUT2D eigenvalue weighted by atomic mass is 10.0. The van der Waals surface area contributed by atoms with E-state index in [9.17, 15) is 0 Å². The largest absolute Gasteiger partial charge is 0.439 e. The van der Waals surface area contributed by atoms with Crippen molar-refractivity contribution < 1.29 is 4.74 Å². The maximum absolute atomic E-state index is 5.97. The van der Waals surface area contributed by atoms with Gasteiger partial charge in [-0.05, 0) is 48.9 Å². The van der Waals surface area contributed by atoms with Gasteiger partial charge in [-0.25, -0.2) is 4.98 Å². The molecule has 3 heteroatoms. The second-order valence-electron chi connectivity index (χ2n) is 5.98. The molecule has 0 saturated heterocycles. The first-order valence-electron chi connectivity index (χ1n) is 7.44. The SMILES string of the molecule is Cc1ccc(C(C)C)c(Oc2ccc(CC(C)N)cn2)c1. The van der Waals surface area contributed by atoms with Crippen molar-refractivity contribution in [2.75, 3.05) is 0 Å². The minimum Gasteiger partial charge on any atom is -0.439 e. The molecule has 1 heterocycles. The first-order chi connectivity index (χ1) is 9.95. The molecule has 21 heavy (non-hydrogen) atoms. The lowest BCUT2D eigenvalue weighted by molar-refractivity contribution is 0.453. The van der Waals surface area contributed by atoms with Crippen LogP contribution in [0.2, 0.25) is 0 Å². The Morgan fingerprint density at radius 3 is 2.48 bits per heavy atom. The Labute approximate surface area is 127 Å². The van der Waals surface area contributed by atoms with Crippen molar-refractivity contribution in [3.63, 3.8) is 0 Å². The van der Waals surface area contributed by atoms with E-state index >= 15 is 0 Å². The maximum Gasteiger partial charge on any atom is 0.219 e. The van der Waals surface area contributed by atoms with Crippen LogP contribution < -0.4 is 10.5 Å². The fourth-order valence-electron chi connectivity index (χ4n) is 2.28. The smallest absolute Gasteiger partial charge is 0.219 e. The van der Waals surface area contributed by atoms with Crippen molar-refractivity contribution in [2.45, 2.75) is 46.1 Å². The van der Waals surface area contributed by atoms with Crippen LogP contribution in [0.1, 0.15) is 43.4 Å². The zero-order valence-corrected chi connectivity index (χ0v) is 13.3. The average Bonchev–Trinajstić information content (AvgIpc) is 2.40. The third-order valence-electron chi connectivity index (χ3n) is 3.36. The Morgan fingerprint density at radius 1 is 1.14 bits per heavy atom. The van der Waals surface area contributed by atoms with Crippen molar-refractivity contribution in [3.8, 4) is 11.6 Å². The Bertz CT molecular complexity index is 589. The van der Waals surface area contributed by atoms with Crippen molar-refractivity contribution >= 4 is 0 Å². The summed E-state index contributed by atoms with van der Waals surface area (Å²) in [7, 11) is 0. The van der Waals surface area contributed by atoms with Crippen LogP contribution in [0.25, 0.3) is 0 Å². The van der Waals surface area contributed by atoms with E-state index in [1.807, 2.05) is 25.3 Å². The van der Waals surface area contributed by atoms with Crippen molar-refractivity contribution in [2.24, 2.45) is 5.73 Å². The summed E-state index contributed by atoms with van der Waals surface area (Å²) in [5, 5.41) is 0. The molecule has 2 N–H and O–H groups in total. The van der Waals surface area contributed by atoms with Crippen LogP contribution in [0.4, 0.5) is 0 Å². The molecule has 0 bridgehead atoms. The molecule has 112 valence electrons. The average molecular weight is 284 g/mol. The molecule has 2 aromatic rings. The molecule has 0 saturated carbocycles. The Hall–Kier alpha value is -1.87. The monoisotopic (exact) mass is 284 g/mol. The number of aromatic nitrogens is 1. The van der Waals surface area contributed by atoms with Crippen molar-refractivity contribution in [1.82, 2.24) is 4.98 Å². The molecule has 0 fully saturated rings. The molecule has 0 aliphatic carbocycles. The summed E-state index contributed by atoms with van der Waals surface area (Å²) in [5.74, 6) is 1.92. The van der Waals surface area contributed by atoms with Gasteiger partial charge in [0.2, 0.25) is 5.88 Å². The van der Waals surface area contributed by atoms with E-state index in [1.165, 1.54) is 11.1 Å². The van der Waals surface area contributed by atoms with E-state index < -0.39 is 0 Å². The molecule has 0 spiro atoms. The highest BCUT2D eigenvalue weighted by atomic mass is 16.5. The molecule has 1 atom stereocenters. The van der Waals surface area contributed by atoms with Gasteiger partial charge < -0.3 is 10.5 Å². The summed E-state index contributed by atoms with van der Waals surface area (Å²) in [6.45, 7) is 8.38. The summed E-state index contributed by atoms with van der Waals surface area (Å²) in [6, 6.07) is 10.4. The van der Waals surface area contributed by atoms with Gasteiger partial charge in [-0.15, -0.1) is 0 Å². The highest BCUT2D eigenvalue weighted by molar-refractivity contribution is 5.41. The second-order valence-corrected chi connectivity index (χ2v) is 5.98. The molecule has 0 amide bonds. The van der Waals surface area contributed by atoms with Gasteiger partial charge in [0, 0.05) is 18.3 Å². The first-order valence-corrected chi connectivity index (χ1v) is 7.44. The van der Waals surface area contributed by atoms with Gasteiger partial charge >= 0.3 is 0 Å². The third-order valence-corrected chi connectivity index (χ3v) is 3.36. The van der Waals surface area contributed by atoms with E-state index in [2.05, 4.69) is 44.0 Å². The number of nitrogens with two attached hydrogens (primary N) is 1. The molecule has 2 rings (SSSR count). The Kier molecular flexibility index (Phi) is 4.97. The van der Waals surface area contributed by atoms with Gasteiger partial charge in [-0.2, -0.15) is 0 Å². The summed E-state index contributed by atoms with van der Waals surface area (Å²) in [6.07, 6.45) is 2.67. The van der Waals surface area contributed by atoms with Gasteiger partial charge in [-0.1, -0.05) is 32.0 Å². The number of nitrogens with zero attached hydrogens (tertiary/aromatic N) is 1. The fourth-order valence-corrected chi connectivity index (χ4v) is 2.28. The van der Waals surface area contributed by atoms with Crippen LogP contribution in [0, 0.1) is 6.92 Å². The topological polar surface area (TPSA) is 48.1 Å². The maximum atomic E-state index is 5.97. The number of hydrogen-bond donors (Lipinski definition) is 1. The van der Waals surface area contributed by atoms with Gasteiger partial charge in [0.15, 0.2) is 0 Å². The molecular formula is C18H24N2O. The van der Waals surface area contributed by atoms with E-state index in [0.29, 0.717) is 11.8 Å². The van der Waals surface area contributed by atoms with Gasteiger partial charge in [0.05, 0.1) is 0 Å². The summed E-state index contributed by atoms with van der Waals surface area (Å²) in [4.78, 5) is 4.38. The number of benzene rings is 1. The Morgan fingerprint density at radius 2 is 1.90 bits per heavy atom. The zero-order chi connectivity index (χ0) is 15.4. The van der Waals surface area contributed by atoms with Gasteiger partial charge in [0.1, 0.15) is 5.75 Å². The van der Waals surface area contributed by atoms with Crippen LogP contribution in [0.15, 0.2) is 36.5 Å². The number of pyridine rings is 1. The number of aryl methyl sites for hydroxylation is 1. The molecule has 3 nitrogen and oxygen atoms in total. The molecule has 1 aromatic heterocycles. The normalized spacial score (nSPS) is 12.5.